The fourth-order valence-electron chi connectivity index (χ4n) is 3.27. The Balaban J connectivity index is 1.52. The number of ether oxygens (including phenoxy) is 2. The van der Waals surface area contributed by atoms with Gasteiger partial charge in [-0.25, -0.2) is 4.79 Å². The van der Waals surface area contributed by atoms with Gasteiger partial charge in [0.1, 0.15) is 10.6 Å². The van der Waals surface area contributed by atoms with Gasteiger partial charge in [-0.05, 0) is 55.0 Å². The number of carbonyl (C=O) groups is 3. The summed E-state index contributed by atoms with van der Waals surface area (Å²) in [6, 6.07) is 20.4. The fraction of sp³-hybridized carbons (Fsp3) is 0.115. The molecule has 178 valence electrons. The number of anilines is 2. The van der Waals surface area contributed by atoms with Gasteiger partial charge in [-0.3, -0.25) is 9.59 Å². The first-order valence-corrected chi connectivity index (χ1v) is 11.4. The summed E-state index contributed by atoms with van der Waals surface area (Å²) in [5.41, 5.74) is 1.66. The second-order valence-electron chi connectivity index (χ2n) is 7.47. The molecule has 0 bridgehead atoms. The van der Waals surface area contributed by atoms with Gasteiger partial charge in [0.2, 0.25) is 6.10 Å². The lowest BCUT2D eigenvalue weighted by Crippen LogP contribution is -2.25. The highest BCUT2D eigenvalue weighted by Gasteiger charge is 2.28. The molecule has 0 radical (unpaired) electrons. The maximum absolute atomic E-state index is 13.1. The summed E-state index contributed by atoms with van der Waals surface area (Å²) in [7, 11) is 1.55. The number of carbonyl (C=O) groups excluding carboxylic acids is 3. The van der Waals surface area contributed by atoms with E-state index < -0.39 is 23.9 Å². The smallest absolute Gasteiger partial charge is 0.349 e. The molecular formula is C26H22N2O6S. The molecule has 2 N–H and O–H groups in total. The van der Waals surface area contributed by atoms with Gasteiger partial charge in [0, 0.05) is 11.3 Å². The molecular weight excluding hydrogens is 468 g/mol. The van der Waals surface area contributed by atoms with Crippen molar-refractivity contribution in [2.45, 2.75) is 13.0 Å². The van der Waals surface area contributed by atoms with Crippen molar-refractivity contribution < 1.29 is 28.3 Å². The Bertz CT molecular complexity index is 1310. The molecule has 2 aromatic carbocycles. The van der Waals surface area contributed by atoms with Gasteiger partial charge in [0.15, 0.2) is 5.76 Å². The molecule has 0 saturated heterocycles. The maximum Gasteiger partial charge on any atom is 0.349 e. The van der Waals surface area contributed by atoms with Crippen molar-refractivity contribution in [3.63, 3.8) is 0 Å². The van der Waals surface area contributed by atoms with Crippen molar-refractivity contribution in [1.82, 2.24) is 0 Å². The van der Waals surface area contributed by atoms with Crippen LogP contribution in [0.4, 0.5) is 10.7 Å². The Morgan fingerprint density at radius 3 is 2.34 bits per heavy atom. The second kappa shape index (κ2) is 10.7. The van der Waals surface area contributed by atoms with E-state index in [1.54, 1.807) is 80.8 Å². The molecule has 2 heterocycles. The van der Waals surface area contributed by atoms with Crippen molar-refractivity contribution in [2.75, 3.05) is 17.7 Å². The average molecular weight is 491 g/mol. The molecule has 1 atom stereocenters. The first-order valence-electron chi connectivity index (χ1n) is 10.6. The Morgan fingerprint density at radius 2 is 1.69 bits per heavy atom. The number of hydrogen-bond donors (Lipinski definition) is 2. The van der Waals surface area contributed by atoms with E-state index in [-0.39, 0.29) is 10.6 Å². The molecule has 2 amide bonds. The van der Waals surface area contributed by atoms with E-state index in [2.05, 4.69) is 10.6 Å². The summed E-state index contributed by atoms with van der Waals surface area (Å²) >= 11 is 1.06. The number of nitrogens with one attached hydrogen (secondary N) is 2. The van der Waals surface area contributed by atoms with Gasteiger partial charge in [0.05, 0.1) is 18.4 Å². The van der Waals surface area contributed by atoms with Gasteiger partial charge in [0.25, 0.3) is 11.8 Å². The normalized spacial score (nSPS) is 11.4. The highest BCUT2D eigenvalue weighted by Crippen LogP contribution is 2.30. The van der Waals surface area contributed by atoms with Crippen LogP contribution in [0.5, 0.6) is 5.75 Å². The van der Waals surface area contributed by atoms with Crippen LogP contribution >= 0.6 is 11.3 Å². The van der Waals surface area contributed by atoms with Crippen molar-refractivity contribution in [1.29, 1.82) is 0 Å². The molecule has 2 aromatic heterocycles. The topological polar surface area (TPSA) is 107 Å². The highest BCUT2D eigenvalue weighted by atomic mass is 32.1. The fourth-order valence-corrected chi connectivity index (χ4v) is 4.22. The second-order valence-corrected chi connectivity index (χ2v) is 8.52. The lowest BCUT2D eigenvalue weighted by molar-refractivity contribution is -0.125. The third kappa shape index (κ3) is 5.77. The molecule has 0 saturated carbocycles. The molecule has 9 heteroatoms. The predicted molar refractivity (Wildman–Crippen MR) is 132 cm³/mol. The number of methoxy groups -OCH3 is 1. The van der Waals surface area contributed by atoms with Crippen molar-refractivity contribution in [3.05, 3.63) is 101 Å². The number of rotatable bonds is 8. The van der Waals surface area contributed by atoms with Crippen molar-refractivity contribution >= 4 is 39.8 Å². The van der Waals surface area contributed by atoms with Crippen LogP contribution in [0.2, 0.25) is 0 Å². The van der Waals surface area contributed by atoms with E-state index in [0.717, 1.165) is 11.3 Å². The first-order chi connectivity index (χ1) is 16.9. The molecule has 8 nitrogen and oxygen atoms in total. The summed E-state index contributed by atoms with van der Waals surface area (Å²) in [6.07, 6.45) is 0.214. The molecule has 4 aromatic rings. The number of hydrogen-bond acceptors (Lipinski definition) is 7. The molecule has 0 spiro atoms. The number of esters is 1. The molecule has 0 aliphatic rings. The van der Waals surface area contributed by atoms with E-state index in [9.17, 15) is 14.4 Å². The van der Waals surface area contributed by atoms with Crippen LogP contribution in [0.25, 0.3) is 0 Å². The summed E-state index contributed by atoms with van der Waals surface area (Å²) in [5.74, 6) is -0.811. The highest BCUT2D eigenvalue weighted by molar-refractivity contribution is 7.18. The quantitative estimate of drug-likeness (QED) is 0.318. The van der Waals surface area contributed by atoms with Gasteiger partial charge in [-0.15, -0.1) is 11.3 Å². The van der Waals surface area contributed by atoms with Gasteiger partial charge in [-0.1, -0.05) is 30.3 Å². The lowest BCUT2D eigenvalue weighted by Gasteiger charge is -2.18. The standard InChI is InChI=1S/C26H22N2O6S/c1-16-15-21(28-24(29)20-9-6-14-33-20)35-23(16)26(31)34-22(17-7-4-3-5-8-17)25(30)27-18-10-12-19(32-2)13-11-18/h3-15,22H,1-2H3,(H,27,30)(H,28,29). The Hall–Kier alpha value is -4.37. The SMILES string of the molecule is COc1ccc(NC(=O)C(OC(=O)c2sc(NC(=O)c3ccco3)cc2C)c2ccccc2)cc1. The largest absolute Gasteiger partial charge is 0.497 e. The van der Waals surface area contributed by atoms with E-state index in [0.29, 0.717) is 27.6 Å². The molecule has 0 aliphatic heterocycles. The summed E-state index contributed by atoms with van der Waals surface area (Å²) in [5, 5.41) is 5.93. The monoisotopic (exact) mass is 490 g/mol. The van der Waals surface area contributed by atoms with Gasteiger partial charge < -0.3 is 24.5 Å². The number of thiophene rings is 1. The van der Waals surface area contributed by atoms with Crippen LogP contribution in [0.1, 0.15) is 37.5 Å². The van der Waals surface area contributed by atoms with Crippen LogP contribution in [-0.2, 0) is 9.53 Å². The minimum absolute atomic E-state index is 0.152. The lowest BCUT2D eigenvalue weighted by atomic mass is 10.1. The van der Waals surface area contributed by atoms with Crippen LogP contribution in [0.3, 0.4) is 0 Å². The zero-order valence-electron chi connectivity index (χ0n) is 18.9. The van der Waals surface area contributed by atoms with Gasteiger partial charge in [-0.2, -0.15) is 0 Å². The van der Waals surface area contributed by atoms with Crippen molar-refractivity contribution in [3.8, 4) is 5.75 Å². The summed E-state index contributed by atoms with van der Waals surface area (Å²) < 4.78 is 15.9. The van der Waals surface area contributed by atoms with E-state index in [1.807, 2.05) is 0 Å². The van der Waals surface area contributed by atoms with E-state index in [4.69, 9.17) is 13.9 Å². The first kappa shape index (κ1) is 23.8. The minimum atomic E-state index is -1.19. The Labute approximate surface area is 205 Å². The Morgan fingerprint density at radius 1 is 0.943 bits per heavy atom. The van der Waals surface area contributed by atoms with Gasteiger partial charge >= 0.3 is 5.97 Å². The zero-order valence-corrected chi connectivity index (χ0v) is 19.8. The van der Waals surface area contributed by atoms with Crippen LogP contribution in [-0.4, -0.2) is 24.9 Å². The zero-order chi connectivity index (χ0) is 24.8. The van der Waals surface area contributed by atoms with E-state index in [1.165, 1.54) is 12.3 Å². The predicted octanol–water partition coefficient (Wildman–Crippen LogP) is 5.45. The molecule has 4 rings (SSSR count). The number of benzene rings is 2. The van der Waals surface area contributed by atoms with E-state index >= 15 is 0 Å². The summed E-state index contributed by atoms with van der Waals surface area (Å²) in [6.45, 7) is 1.73. The third-order valence-electron chi connectivity index (χ3n) is 5.01. The summed E-state index contributed by atoms with van der Waals surface area (Å²) in [4.78, 5) is 38.7. The van der Waals surface area contributed by atoms with Crippen LogP contribution < -0.4 is 15.4 Å². The Kier molecular flexibility index (Phi) is 7.27. The average Bonchev–Trinajstić information content (AvgIpc) is 3.53. The molecule has 35 heavy (non-hydrogen) atoms. The third-order valence-corrected chi connectivity index (χ3v) is 6.14. The number of amides is 2. The molecule has 0 aliphatic carbocycles. The minimum Gasteiger partial charge on any atom is -0.497 e. The number of aryl methyl sites for hydroxylation is 1. The molecule has 1 unspecified atom stereocenters. The number of furan rings is 1. The van der Waals surface area contributed by atoms with Crippen LogP contribution in [0, 0.1) is 6.92 Å². The molecule has 0 fully saturated rings. The van der Waals surface area contributed by atoms with Crippen LogP contribution in [0.15, 0.2) is 83.5 Å². The maximum atomic E-state index is 13.1. The van der Waals surface area contributed by atoms with Crippen molar-refractivity contribution in [2.24, 2.45) is 0 Å².